The van der Waals surface area contributed by atoms with Gasteiger partial charge in [0.2, 0.25) is 0 Å². The summed E-state index contributed by atoms with van der Waals surface area (Å²) in [5, 5.41) is 10.4. The minimum atomic E-state index is 0.753. The van der Waals surface area contributed by atoms with Gasteiger partial charge in [-0.2, -0.15) is 5.10 Å². The fourth-order valence-electron chi connectivity index (χ4n) is 2.20. The largest absolute Gasteiger partial charge is 0.378 e. The average molecular weight is 345 g/mol. The number of nitrogens with one attached hydrogen (secondary N) is 1. The van der Waals surface area contributed by atoms with Crippen molar-refractivity contribution in [2.24, 2.45) is 0 Å². The van der Waals surface area contributed by atoms with Gasteiger partial charge in [-0.25, -0.2) is 4.98 Å². The first kappa shape index (κ1) is 16.1. The highest BCUT2D eigenvalue weighted by molar-refractivity contribution is 7.98. The summed E-state index contributed by atoms with van der Waals surface area (Å²) in [6, 6.07) is 10.7. The summed E-state index contributed by atoms with van der Waals surface area (Å²) in [5.74, 6) is 1.78. The van der Waals surface area contributed by atoms with Gasteiger partial charge in [0.15, 0.2) is 11.0 Å². The third kappa shape index (κ3) is 4.14. The van der Waals surface area contributed by atoms with E-state index in [2.05, 4.69) is 62.7 Å². The summed E-state index contributed by atoms with van der Waals surface area (Å²) in [6.45, 7) is 2.15. The Balaban J connectivity index is 1.59. The topological polar surface area (TPSA) is 44.8 Å². The zero-order chi connectivity index (χ0) is 16.2. The molecular formula is C17H20N4S2. The molecule has 0 bridgehead atoms. The molecule has 2 aromatic heterocycles. The number of thioether (sulfide) groups is 1. The van der Waals surface area contributed by atoms with Crippen molar-refractivity contribution in [3.8, 4) is 0 Å². The number of benzene rings is 1. The second kappa shape index (κ2) is 7.19. The summed E-state index contributed by atoms with van der Waals surface area (Å²) < 4.78 is 0. The number of hydrogen-bond acceptors (Lipinski definition) is 5. The third-order valence-corrected chi connectivity index (χ3v) is 5.73. The van der Waals surface area contributed by atoms with E-state index in [1.165, 1.54) is 21.7 Å². The zero-order valence-electron chi connectivity index (χ0n) is 13.5. The molecule has 0 aliphatic heterocycles. The lowest BCUT2D eigenvalue weighted by Crippen LogP contribution is -2.08. The summed E-state index contributed by atoms with van der Waals surface area (Å²) in [5.41, 5.74) is 3.77. The van der Waals surface area contributed by atoms with Crippen molar-refractivity contribution >= 4 is 28.8 Å². The molecule has 0 amide bonds. The standard InChI is InChI=1S/C17H20N4S2/c1-12-8-9-22-15(12)11-23-17-18-16(19-20-17)10-13-4-6-14(7-5-13)21(2)3/h4-9H,10-11H2,1-3H3,(H,18,19,20). The molecule has 3 aromatic rings. The smallest absolute Gasteiger partial charge is 0.184 e. The van der Waals surface area contributed by atoms with Gasteiger partial charge >= 0.3 is 0 Å². The van der Waals surface area contributed by atoms with Crippen LogP contribution in [-0.2, 0) is 12.2 Å². The van der Waals surface area contributed by atoms with Gasteiger partial charge in [-0.15, -0.1) is 11.3 Å². The quantitative estimate of drug-likeness (QED) is 0.683. The van der Waals surface area contributed by atoms with Crippen LogP contribution in [0.1, 0.15) is 21.8 Å². The van der Waals surface area contributed by atoms with Crippen LogP contribution in [0.15, 0.2) is 40.9 Å². The van der Waals surface area contributed by atoms with Crippen molar-refractivity contribution in [2.75, 3.05) is 19.0 Å². The van der Waals surface area contributed by atoms with E-state index in [1.807, 2.05) is 14.1 Å². The lowest BCUT2D eigenvalue weighted by molar-refractivity contribution is 0.956. The van der Waals surface area contributed by atoms with Crippen molar-refractivity contribution in [1.82, 2.24) is 15.2 Å². The molecule has 0 unspecified atom stereocenters. The Bertz CT molecular complexity index is 759. The molecule has 23 heavy (non-hydrogen) atoms. The lowest BCUT2D eigenvalue weighted by Gasteiger charge is -2.12. The Morgan fingerprint density at radius 2 is 1.96 bits per heavy atom. The summed E-state index contributed by atoms with van der Waals surface area (Å²) >= 11 is 3.50. The van der Waals surface area contributed by atoms with Crippen LogP contribution < -0.4 is 4.90 Å². The van der Waals surface area contributed by atoms with Gasteiger partial charge < -0.3 is 4.90 Å². The highest BCUT2D eigenvalue weighted by Crippen LogP contribution is 2.25. The van der Waals surface area contributed by atoms with Crippen LogP contribution in [0.4, 0.5) is 5.69 Å². The monoisotopic (exact) mass is 344 g/mol. The van der Waals surface area contributed by atoms with Crippen LogP contribution in [0.25, 0.3) is 0 Å². The van der Waals surface area contributed by atoms with Crippen molar-refractivity contribution < 1.29 is 0 Å². The van der Waals surface area contributed by atoms with Gasteiger partial charge in [-0.3, -0.25) is 5.10 Å². The van der Waals surface area contributed by atoms with Crippen molar-refractivity contribution in [3.63, 3.8) is 0 Å². The molecule has 0 aliphatic rings. The van der Waals surface area contributed by atoms with E-state index >= 15 is 0 Å². The Morgan fingerprint density at radius 1 is 1.17 bits per heavy atom. The Kier molecular flexibility index (Phi) is 5.03. The van der Waals surface area contributed by atoms with Crippen LogP contribution >= 0.6 is 23.1 Å². The second-order valence-corrected chi connectivity index (χ2v) is 7.57. The summed E-state index contributed by atoms with van der Waals surface area (Å²) in [4.78, 5) is 8.07. The first-order valence-electron chi connectivity index (χ1n) is 7.45. The Hall–Kier alpha value is -1.79. The van der Waals surface area contributed by atoms with Crippen molar-refractivity contribution in [2.45, 2.75) is 24.3 Å². The first-order chi connectivity index (χ1) is 11.1. The number of H-pyrrole nitrogens is 1. The SMILES string of the molecule is Cc1ccsc1CSc1nc(Cc2ccc(N(C)C)cc2)n[nH]1. The van der Waals surface area contributed by atoms with Gasteiger partial charge in [0, 0.05) is 36.8 Å². The average Bonchev–Trinajstić information content (AvgIpc) is 3.15. The molecule has 0 aliphatic carbocycles. The number of hydrogen-bond donors (Lipinski definition) is 1. The molecule has 0 radical (unpaired) electrons. The number of rotatable bonds is 6. The molecule has 1 N–H and O–H groups in total. The van der Waals surface area contributed by atoms with E-state index in [-0.39, 0.29) is 0 Å². The van der Waals surface area contributed by atoms with Crippen LogP contribution in [-0.4, -0.2) is 29.3 Å². The zero-order valence-corrected chi connectivity index (χ0v) is 15.2. The maximum absolute atomic E-state index is 4.58. The fourth-order valence-corrected chi connectivity index (χ4v) is 4.12. The molecule has 0 spiro atoms. The lowest BCUT2D eigenvalue weighted by atomic mass is 10.1. The summed E-state index contributed by atoms with van der Waals surface area (Å²) in [7, 11) is 4.09. The number of thiophene rings is 1. The number of aryl methyl sites for hydroxylation is 1. The third-order valence-electron chi connectivity index (χ3n) is 3.63. The molecule has 3 rings (SSSR count). The van der Waals surface area contributed by atoms with E-state index in [1.54, 1.807) is 23.1 Å². The van der Waals surface area contributed by atoms with E-state index in [9.17, 15) is 0 Å². The minimum absolute atomic E-state index is 0.753. The molecule has 1 aromatic carbocycles. The molecule has 6 heteroatoms. The van der Waals surface area contributed by atoms with Gasteiger partial charge in [-0.05, 0) is 41.6 Å². The van der Waals surface area contributed by atoms with E-state index in [0.29, 0.717) is 0 Å². The number of nitrogens with zero attached hydrogens (tertiary/aromatic N) is 3. The molecule has 0 saturated carbocycles. The maximum Gasteiger partial charge on any atom is 0.184 e. The molecule has 120 valence electrons. The van der Waals surface area contributed by atoms with Gasteiger partial charge in [0.05, 0.1) is 0 Å². The van der Waals surface area contributed by atoms with Crippen molar-refractivity contribution in [3.05, 3.63) is 57.5 Å². The van der Waals surface area contributed by atoms with Crippen LogP contribution in [0.5, 0.6) is 0 Å². The van der Waals surface area contributed by atoms with E-state index < -0.39 is 0 Å². The van der Waals surface area contributed by atoms with Crippen LogP contribution in [0.2, 0.25) is 0 Å². The Labute approximate surface area is 145 Å². The fraction of sp³-hybridized carbons (Fsp3) is 0.294. The molecule has 2 heterocycles. The number of anilines is 1. The van der Waals surface area contributed by atoms with Crippen LogP contribution in [0, 0.1) is 6.92 Å². The number of aromatic amines is 1. The summed E-state index contributed by atoms with van der Waals surface area (Å²) in [6.07, 6.45) is 0.753. The molecule has 4 nitrogen and oxygen atoms in total. The Morgan fingerprint density at radius 3 is 2.61 bits per heavy atom. The normalized spacial score (nSPS) is 10.9. The highest BCUT2D eigenvalue weighted by Gasteiger charge is 2.07. The maximum atomic E-state index is 4.58. The predicted molar refractivity (Wildman–Crippen MR) is 98.6 cm³/mol. The highest BCUT2D eigenvalue weighted by atomic mass is 32.2. The predicted octanol–water partition coefficient (Wildman–Crippen LogP) is 4.12. The van der Waals surface area contributed by atoms with Gasteiger partial charge in [-0.1, -0.05) is 23.9 Å². The van der Waals surface area contributed by atoms with Gasteiger partial charge in [0.25, 0.3) is 0 Å². The number of aromatic nitrogens is 3. The van der Waals surface area contributed by atoms with E-state index in [0.717, 1.165) is 23.2 Å². The first-order valence-corrected chi connectivity index (χ1v) is 9.31. The van der Waals surface area contributed by atoms with E-state index in [4.69, 9.17) is 0 Å². The van der Waals surface area contributed by atoms with Crippen molar-refractivity contribution in [1.29, 1.82) is 0 Å². The van der Waals surface area contributed by atoms with Crippen LogP contribution in [0.3, 0.4) is 0 Å². The van der Waals surface area contributed by atoms with Gasteiger partial charge in [0.1, 0.15) is 0 Å². The minimum Gasteiger partial charge on any atom is -0.378 e. The molecule has 0 saturated heterocycles. The molecular weight excluding hydrogens is 324 g/mol. The molecule has 0 fully saturated rings. The molecule has 0 atom stereocenters. The second-order valence-electron chi connectivity index (χ2n) is 5.61.